The number of hydrogen-bond donors (Lipinski definition) is 1. The molecule has 0 aromatic carbocycles. The zero-order valence-electron chi connectivity index (χ0n) is 10.9. The van der Waals surface area contributed by atoms with E-state index in [9.17, 15) is 5.11 Å². The van der Waals surface area contributed by atoms with E-state index >= 15 is 0 Å². The van der Waals surface area contributed by atoms with Gasteiger partial charge in [-0.15, -0.1) is 0 Å². The van der Waals surface area contributed by atoms with Gasteiger partial charge in [-0.25, -0.2) is 9.97 Å². The van der Waals surface area contributed by atoms with Crippen LogP contribution >= 0.6 is 0 Å². The second-order valence-corrected chi connectivity index (χ2v) is 4.49. The minimum atomic E-state index is -0.420. The summed E-state index contributed by atoms with van der Waals surface area (Å²) < 4.78 is 0. The molecular weight excluding hydrogens is 226 g/mol. The van der Waals surface area contributed by atoms with E-state index in [0.717, 1.165) is 18.4 Å². The number of rotatable bonds is 4. The summed E-state index contributed by atoms with van der Waals surface area (Å²) in [4.78, 5) is 10.7. The summed E-state index contributed by atoms with van der Waals surface area (Å²) in [7, 11) is 0. The molecule has 1 N–H and O–H groups in total. The van der Waals surface area contributed by atoms with Gasteiger partial charge in [-0.1, -0.05) is 19.4 Å². The Morgan fingerprint density at radius 1 is 1.39 bits per heavy atom. The molecule has 4 heteroatoms. The fraction of sp³-hybridized carbons (Fsp3) is 0.429. The van der Waals surface area contributed by atoms with Crippen LogP contribution in [-0.4, -0.2) is 27.7 Å². The molecule has 0 bridgehead atoms. The van der Waals surface area contributed by atoms with Crippen LogP contribution in [0.2, 0.25) is 0 Å². The Balaban J connectivity index is 2.04. The second kappa shape index (κ2) is 5.78. The molecule has 0 saturated heterocycles. The zero-order chi connectivity index (χ0) is 13.0. The number of hydrogen-bond acceptors (Lipinski definition) is 4. The van der Waals surface area contributed by atoms with Crippen molar-refractivity contribution in [2.24, 2.45) is 0 Å². The molecule has 0 saturated carbocycles. The molecule has 0 spiro atoms. The second-order valence-electron chi connectivity index (χ2n) is 4.49. The molecule has 1 atom stereocenters. The lowest BCUT2D eigenvalue weighted by Gasteiger charge is -2.21. The van der Waals surface area contributed by atoms with Crippen LogP contribution in [0.4, 0.5) is 5.95 Å². The van der Waals surface area contributed by atoms with Crippen LogP contribution in [0.3, 0.4) is 0 Å². The van der Waals surface area contributed by atoms with E-state index in [0.29, 0.717) is 12.5 Å². The highest BCUT2D eigenvalue weighted by Gasteiger charge is 2.11. The maximum Gasteiger partial charge on any atom is 0.229 e. The first-order valence-electron chi connectivity index (χ1n) is 6.34. The first kappa shape index (κ1) is 12.8. The molecule has 18 heavy (non-hydrogen) atoms. The van der Waals surface area contributed by atoms with Crippen molar-refractivity contribution in [2.45, 2.75) is 32.8 Å². The van der Waals surface area contributed by atoms with E-state index in [-0.39, 0.29) is 0 Å². The van der Waals surface area contributed by atoms with Crippen LogP contribution in [0, 0.1) is 0 Å². The number of nitrogens with zero attached hydrogens (tertiary/aromatic N) is 3. The summed E-state index contributed by atoms with van der Waals surface area (Å²) in [5, 5.41) is 9.46. The van der Waals surface area contributed by atoms with Gasteiger partial charge in [0.1, 0.15) is 0 Å². The van der Waals surface area contributed by atoms with Crippen LogP contribution < -0.4 is 4.90 Å². The Kier molecular flexibility index (Phi) is 4.10. The predicted octanol–water partition coefficient (Wildman–Crippen LogP) is 2.07. The normalized spacial score (nSPS) is 16.6. The summed E-state index contributed by atoms with van der Waals surface area (Å²) in [6.45, 7) is 4.61. The minimum Gasteiger partial charge on any atom is -0.389 e. The number of aromatic nitrogens is 2. The van der Waals surface area contributed by atoms with Gasteiger partial charge >= 0.3 is 0 Å². The third-order valence-electron chi connectivity index (χ3n) is 2.94. The van der Waals surface area contributed by atoms with Crippen molar-refractivity contribution in [1.29, 1.82) is 0 Å². The smallest absolute Gasteiger partial charge is 0.229 e. The lowest BCUT2D eigenvalue weighted by molar-refractivity contribution is 0.235. The standard InChI is InChI=1S/C14H19N3O/c1-3-4-12-9-15-14(16-10-12)17-7-5-13(6-8-17)11(2)18/h5-7,9-11,18H,3-4,8H2,1-2H3. The van der Waals surface area contributed by atoms with Crippen molar-refractivity contribution in [2.75, 3.05) is 11.4 Å². The summed E-state index contributed by atoms with van der Waals surface area (Å²) in [6.07, 6.45) is 11.3. The number of aryl methyl sites for hydroxylation is 1. The largest absolute Gasteiger partial charge is 0.389 e. The SMILES string of the molecule is CCCc1cnc(N2C=CC(C(C)O)=CC2)nc1. The highest BCUT2D eigenvalue weighted by molar-refractivity contribution is 5.42. The Morgan fingerprint density at radius 2 is 2.11 bits per heavy atom. The maximum absolute atomic E-state index is 9.46. The van der Waals surface area contributed by atoms with Crippen LogP contribution in [0.5, 0.6) is 0 Å². The van der Waals surface area contributed by atoms with Gasteiger partial charge in [0, 0.05) is 25.1 Å². The minimum absolute atomic E-state index is 0.420. The summed E-state index contributed by atoms with van der Waals surface area (Å²) in [5.41, 5.74) is 2.11. The fourth-order valence-electron chi connectivity index (χ4n) is 1.88. The summed E-state index contributed by atoms with van der Waals surface area (Å²) >= 11 is 0. The van der Waals surface area contributed by atoms with Crippen LogP contribution in [0.1, 0.15) is 25.8 Å². The molecule has 96 valence electrons. The van der Waals surface area contributed by atoms with Gasteiger partial charge in [-0.2, -0.15) is 0 Å². The Bertz CT molecular complexity index is 449. The van der Waals surface area contributed by atoms with E-state index in [2.05, 4.69) is 16.9 Å². The van der Waals surface area contributed by atoms with Gasteiger partial charge in [0.05, 0.1) is 6.10 Å². The van der Waals surface area contributed by atoms with Crippen molar-refractivity contribution in [3.63, 3.8) is 0 Å². The fourth-order valence-corrected chi connectivity index (χ4v) is 1.88. The van der Waals surface area contributed by atoms with E-state index in [1.54, 1.807) is 6.92 Å². The first-order chi connectivity index (χ1) is 8.70. The van der Waals surface area contributed by atoms with Gasteiger partial charge in [-0.05, 0) is 30.6 Å². The molecule has 1 aromatic rings. The Labute approximate surface area is 108 Å². The number of anilines is 1. The van der Waals surface area contributed by atoms with E-state index in [4.69, 9.17) is 0 Å². The molecule has 1 aliphatic heterocycles. The molecule has 2 heterocycles. The molecule has 0 amide bonds. The molecule has 2 rings (SSSR count). The third-order valence-corrected chi connectivity index (χ3v) is 2.94. The van der Waals surface area contributed by atoms with Crippen molar-refractivity contribution in [3.8, 4) is 0 Å². The molecule has 4 nitrogen and oxygen atoms in total. The topological polar surface area (TPSA) is 49.2 Å². The van der Waals surface area contributed by atoms with Gasteiger partial charge in [0.25, 0.3) is 0 Å². The molecule has 1 aliphatic rings. The van der Waals surface area contributed by atoms with Crippen LogP contribution in [-0.2, 0) is 6.42 Å². The Hall–Kier alpha value is -1.68. The highest BCUT2D eigenvalue weighted by atomic mass is 16.3. The average molecular weight is 245 g/mol. The Morgan fingerprint density at radius 3 is 2.61 bits per heavy atom. The van der Waals surface area contributed by atoms with E-state index in [1.165, 1.54) is 5.56 Å². The molecule has 0 aliphatic carbocycles. The zero-order valence-corrected chi connectivity index (χ0v) is 10.9. The van der Waals surface area contributed by atoms with Crippen molar-refractivity contribution < 1.29 is 5.11 Å². The van der Waals surface area contributed by atoms with Gasteiger partial charge < -0.3 is 10.0 Å². The molecule has 1 unspecified atom stereocenters. The lowest BCUT2D eigenvalue weighted by Crippen LogP contribution is -2.23. The molecular formula is C14H19N3O. The van der Waals surface area contributed by atoms with Crippen molar-refractivity contribution in [3.05, 3.63) is 41.9 Å². The predicted molar refractivity (Wildman–Crippen MR) is 72.3 cm³/mol. The summed E-state index contributed by atoms with van der Waals surface area (Å²) in [6, 6.07) is 0. The van der Waals surface area contributed by atoms with Crippen LogP contribution in [0.15, 0.2) is 36.3 Å². The van der Waals surface area contributed by atoms with Crippen molar-refractivity contribution >= 4 is 5.95 Å². The highest BCUT2D eigenvalue weighted by Crippen LogP contribution is 2.15. The first-order valence-corrected chi connectivity index (χ1v) is 6.34. The van der Waals surface area contributed by atoms with Gasteiger partial charge in [-0.3, -0.25) is 0 Å². The lowest BCUT2D eigenvalue weighted by atomic mass is 10.1. The molecule has 1 aromatic heterocycles. The quantitative estimate of drug-likeness (QED) is 0.882. The van der Waals surface area contributed by atoms with Crippen LogP contribution in [0.25, 0.3) is 0 Å². The van der Waals surface area contributed by atoms with Gasteiger partial charge in [0.2, 0.25) is 5.95 Å². The summed E-state index contributed by atoms with van der Waals surface area (Å²) in [5.74, 6) is 0.701. The molecule has 0 fully saturated rings. The number of aliphatic hydroxyl groups excluding tert-OH is 1. The van der Waals surface area contributed by atoms with Gasteiger partial charge in [0.15, 0.2) is 0 Å². The monoisotopic (exact) mass is 245 g/mol. The average Bonchev–Trinajstić information content (AvgIpc) is 2.40. The molecule has 0 radical (unpaired) electrons. The van der Waals surface area contributed by atoms with E-state index < -0.39 is 6.10 Å². The maximum atomic E-state index is 9.46. The van der Waals surface area contributed by atoms with E-state index in [1.807, 2.05) is 35.6 Å². The van der Waals surface area contributed by atoms with Crippen molar-refractivity contribution in [1.82, 2.24) is 9.97 Å². The third kappa shape index (κ3) is 2.96. The number of aliphatic hydroxyl groups is 1.